The number of hydrogen-bond acceptors (Lipinski definition) is 2. The summed E-state index contributed by atoms with van der Waals surface area (Å²) < 4.78 is 0. The maximum atomic E-state index is 11.1. The first-order chi connectivity index (χ1) is 8.07. The second-order valence-electron chi connectivity index (χ2n) is 6.03. The van der Waals surface area contributed by atoms with Gasteiger partial charge in [-0.25, -0.2) is 0 Å². The molecule has 0 radical (unpaired) electrons. The van der Waals surface area contributed by atoms with Crippen LogP contribution in [-0.2, 0) is 0 Å². The normalized spacial score (nSPS) is 29.8. The van der Waals surface area contributed by atoms with Gasteiger partial charge in [0, 0.05) is 12.0 Å². The molecule has 0 saturated heterocycles. The fourth-order valence-electron chi connectivity index (χ4n) is 3.87. The van der Waals surface area contributed by atoms with E-state index in [2.05, 4.69) is 20.8 Å². The maximum Gasteiger partial charge on any atom is 0.0715 e. The Bertz CT molecular complexity index is 223. The molecule has 2 nitrogen and oxygen atoms in total. The third-order valence-corrected chi connectivity index (χ3v) is 4.99. The zero-order valence-corrected chi connectivity index (χ0v) is 12.0. The summed E-state index contributed by atoms with van der Waals surface area (Å²) in [5, 5.41) is 11.1. The lowest BCUT2D eigenvalue weighted by Gasteiger charge is -2.45. The van der Waals surface area contributed by atoms with Crippen molar-refractivity contribution in [3.8, 4) is 0 Å². The molecule has 1 fully saturated rings. The van der Waals surface area contributed by atoms with Crippen molar-refractivity contribution >= 4 is 0 Å². The summed E-state index contributed by atoms with van der Waals surface area (Å²) in [6, 6.07) is 0. The summed E-state index contributed by atoms with van der Waals surface area (Å²) >= 11 is 0. The van der Waals surface area contributed by atoms with E-state index in [1.54, 1.807) is 0 Å². The highest BCUT2D eigenvalue weighted by atomic mass is 16.3. The van der Waals surface area contributed by atoms with Gasteiger partial charge in [0.15, 0.2) is 0 Å². The maximum absolute atomic E-state index is 11.1. The summed E-state index contributed by atoms with van der Waals surface area (Å²) in [7, 11) is 0. The van der Waals surface area contributed by atoms with Gasteiger partial charge in [0.1, 0.15) is 0 Å². The van der Waals surface area contributed by atoms with Gasteiger partial charge < -0.3 is 10.8 Å². The Hall–Kier alpha value is -0.0800. The van der Waals surface area contributed by atoms with E-state index >= 15 is 0 Å². The summed E-state index contributed by atoms with van der Waals surface area (Å²) in [6.45, 7) is 7.24. The van der Waals surface area contributed by atoms with Gasteiger partial charge in [0.25, 0.3) is 0 Å². The van der Waals surface area contributed by atoms with Crippen LogP contribution < -0.4 is 5.73 Å². The van der Waals surface area contributed by atoms with Crippen LogP contribution >= 0.6 is 0 Å². The first kappa shape index (κ1) is 15.0. The molecule has 0 aliphatic heterocycles. The molecule has 17 heavy (non-hydrogen) atoms. The van der Waals surface area contributed by atoms with Crippen LogP contribution in [0.4, 0.5) is 0 Å². The van der Waals surface area contributed by atoms with Crippen molar-refractivity contribution in [1.82, 2.24) is 0 Å². The highest BCUT2D eigenvalue weighted by Gasteiger charge is 2.51. The van der Waals surface area contributed by atoms with Gasteiger partial charge in [-0.2, -0.15) is 0 Å². The van der Waals surface area contributed by atoms with Crippen molar-refractivity contribution in [3.63, 3.8) is 0 Å². The summed E-state index contributed by atoms with van der Waals surface area (Å²) in [5.41, 5.74) is 5.55. The number of nitrogens with two attached hydrogens (primary N) is 1. The van der Waals surface area contributed by atoms with Crippen LogP contribution in [-0.4, -0.2) is 17.3 Å². The van der Waals surface area contributed by atoms with Gasteiger partial charge >= 0.3 is 0 Å². The molecular weight excluding hydrogens is 210 g/mol. The average Bonchev–Trinajstić information content (AvgIpc) is 2.75. The highest BCUT2D eigenvalue weighted by molar-refractivity contribution is 5.03. The molecule has 0 aromatic carbocycles. The van der Waals surface area contributed by atoms with Crippen LogP contribution in [0, 0.1) is 11.3 Å². The van der Waals surface area contributed by atoms with Crippen LogP contribution in [0.3, 0.4) is 0 Å². The molecule has 0 aromatic rings. The molecule has 0 spiro atoms. The van der Waals surface area contributed by atoms with Crippen LogP contribution in [0.15, 0.2) is 0 Å². The molecular formula is C15H31NO. The minimum atomic E-state index is -0.519. The standard InChI is InChI=1S/C15H31NO/c1-4-8-15(17,9-5-2)14(12-16)10-7-13(6-3)11-14/h13,17H,4-12,16H2,1-3H3. The molecule has 2 atom stereocenters. The Balaban J connectivity index is 2.88. The molecule has 1 aliphatic rings. The fourth-order valence-corrected chi connectivity index (χ4v) is 3.87. The molecule has 1 rings (SSSR count). The second-order valence-corrected chi connectivity index (χ2v) is 6.03. The van der Waals surface area contributed by atoms with Crippen LogP contribution in [0.1, 0.15) is 72.1 Å². The molecule has 1 aliphatic carbocycles. The van der Waals surface area contributed by atoms with E-state index in [-0.39, 0.29) is 5.41 Å². The Morgan fingerprint density at radius 2 is 1.82 bits per heavy atom. The quantitative estimate of drug-likeness (QED) is 0.717. The van der Waals surface area contributed by atoms with Gasteiger partial charge in [-0.1, -0.05) is 40.0 Å². The Kier molecular flexibility index (Phi) is 5.46. The Labute approximate surface area is 107 Å². The van der Waals surface area contributed by atoms with E-state index in [1.165, 1.54) is 12.8 Å². The lowest BCUT2D eigenvalue weighted by atomic mass is 9.66. The van der Waals surface area contributed by atoms with E-state index in [0.29, 0.717) is 6.54 Å². The minimum Gasteiger partial charge on any atom is -0.389 e. The summed E-state index contributed by atoms with van der Waals surface area (Å²) in [4.78, 5) is 0. The SMILES string of the molecule is CCCC(O)(CCC)C1(CN)CCC(CC)C1. The van der Waals surface area contributed by atoms with Crippen molar-refractivity contribution in [2.24, 2.45) is 17.1 Å². The van der Waals surface area contributed by atoms with Crippen LogP contribution in [0.25, 0.3) is 0 Å². The molecule has 0 amide bonds. The van der Waals surface area contributed by atoms with E-state index in [0.717, 1.165) is 44.4 Å². The second kappa shape index (κ2) is 6.19. The molecule has 0 heterocycles. The zero-order valence-electron chi connectivity index (χ0n) is 12.0. The average molecular weight is 241 g/mol. The molecule has 0 bridgehead atoms. The van der Waals surface area contributed by atoms with Gasteiger partial charge in [0.05, 0.1) is 5.60 Å². The largest absolute Gasteiger partial charge is 0.389 e. The van der Waals surface area contributed by atoms with Crippen LogP contribution in [0.2, 0.25) is 0 Å². The van der Waals surface area contributed by atoms with Gasteiger partial charge in [-0.15, -0.1) is 0 Å². The number of rotatable bonds is 7. The lowest BCUT2D eigenvalue weighted by molar-refractivity contribution is -0.0934. The zero-order chi connectivity index (χ0) is 12.9. The van der Waals surface area contributed by atoms with E-state index in [9.17, 15) is 5.11 Å². The Morgan fingerprint density at radius 1 is 1.24 bits per heavy atom. The van der Waals surface area contributed by atoms with Gasteiger partial charge in [-0.05, 0) is 38.0 Å². The Morgan fingerprint density at radius 3 is 2.18 bits per heavy atom. The monoisotopic (exact) mass is 241 g/mol. The number of hydrogen-bond donors (Lipinski definition) is 2. The van der Waals surface area contributed by atoms with Crippen molar-refractivity contribution in [3.05, 3.63) is 0 Å². The van der Waals surface area contributed by atoms with E-state index in [4.69, 9.17) is 5.73 Å². The molecule has 1 saturated carbocycles. The third-order valence-electron chi connectivity index (χ3n) is 4.99. The predicted molar refractivity (Wildman–Crippen MR) is 73.9 cm³/mol. The minimum absolute atomic E-state index is 0.000301. The molecule has 2 heteroatoms. The molecule has 0 aromatic heterocycles. The van der Waals surface area contributed by atoms with Crippen molar-refractivity contribution in [2.45, 2.75) is 77.7 Å². The molecule has 3 N–H and O–H groups in total. The third kappa shape index (κ3) is 2.85. The first-order valence-electron chi connectivity index (χ1n) is 7.50. The van der Waals surface area contributed by atoms with Crippen molar-refractivity contribution < 1.29 is 5.11 Å². The summed E-state index contributed by atoms with van der Waals surface area (Å²) in [6.07, 6.45) is 8.67. The highest BCUT2D eigenvalue weighted by Crippen LogP contribution is 2.52. The summed E-state index contributed by atoms with van der Waals surface area (Å²) in [5.74, 6) is 0.777. The van der Waals surface area contributed by atoms with Crippen molar-refractivity contribution in [2.75, 3.05) is 6.54 Å². The fraction of sp³-hybridized carbons (Fsp3) is 1.00. The van der Waals surface area contributed by atoms with E-state index < -0.39 is 5.60 Å². The molecule has 2 unspecified atom stereocenters. The number of aliphatic hydroxyl groups is 1. The van der Waals surface area contributed by atoms with Gasteiger partial charge in [0.2, 0.25) is 0 Å². The smallest absolute Gasteiger partial charge is 0.0715 e. The topological polar surface area (TPSA) is 46.2 Å². The van der Waals surface area contributed by atoms with Gasteiger partial charge in [-0.3, -0.25) is 0 Å². The molecule has 102 valence electrons. The van der Waals surface area contributed by atoms with Crippen molar-refractivity contribution in [1.29, 1.82) is 0 Å². The van der Waals surface area contributed by atoms with E-state index in [1.807, 2.05) is 0 Å². The lowest BCUT2D eigenvalue weighted by Crippen LogP contribution is -2.51. The predicted octanol–water partition coefficient (Wildman–Crippen LogP) is 3.47. The van der Waals surface area contributed by atoms with Crippen LogP contribution in [0.5, 0.6) is 0 Å². The first-order valence-corrected chi connectivity index (χ1v) is 7.50.